The number of nitrogens with zero attached hydrogens (tertiary/aromatic N) is 3. The minimum atomic E-state index is -0.0918. The third kappa shape index (κ3) is 2.90. The molecule has 1 amide bonds. The number of ether oxygens (including phenoxy) is 1. The Bertz CT molecular complexity index is 660. The molecule has 2 aromatic rings. The normalized spacial score (nSPS) is 15.0. The van der Waals surface area contributed by atoms with Gasteiger partial charge in [0.25, 0.3) is 5.91 Å². The van der Waals surface area contributed by atoms with Gasteiger partial charge < -0.3 is 19.1 Å². The van der Waals surface area contributed by atoms with Crippen molar-refractivity contribution in [3.8, 4) is 5.75 Å². The summed E-state index contributed by atoms with van der Waals surface area (Å²) < 4.78 is 10.3. The van der Waals surface area contributed by atoms with Gasteiger partial charge in [-0.2, -0.15) is 0 Å². The third-order valence-corrected chi connectivity index (χ3v) is 3.82. The molecule has 0 aliphatic carbocycles. The molecule has 0 saturated carbocycles. The van der Waals surface area contributed by atoms with Crippen LogP contribution in [0, 0.1) is 6.92 Å². The van der Waals surface area contributed by atoms with Crippen LogP contribution >= 0.6 is 0 Å². The second-order valence-corrected chi connectivity index (χ2v) is 5.31. The van der Waals surface area contributed by atoms with Crippen molar-refractivity contribution in [1.29, 1.82) is 0 Å². The Kier molecular flexibility index (Phi) is 4.00. The van der Waals surface area contributed by atoms with Gasteiger partial charge in [-0.25, -0.2) is 0 Å². The maximum atomic E-state index is 12.3. The van der Waals surface area contributed by atoms with Crippen LogP contribution in [0.2, 0.25) is 0 Å². The summed E-state index contributed by atoms with van der Waals surface area (Å²) >= 11 is 0. The third-order valence-electron chi connectivity index (χ3n) is 3.82. The fourth-order valence-electron chi connectivity index (χ4n) is 2.60. The molecule has 6 nitrogen and oxygen atoms in total. The van der Waals surface area contributed by atoms with Crippen LogP contribution in [0.1, 0.15) is 16.2 Å². The average Bonchev–Trinajstić information content (AvgIpc) is 3.01. The smallest absolute Gasteiger partial charge is 0.292 e. The zero-order chi connectivity index (χ0) is 15.5. The summed E-state index contributed by atoms with van der Waals surface area (Å²) in [6, 6.07) is 9.65. The lowest BCUT2D eigenvalue weighted by molar-refractivity contribution is 0.0704. The molecule has 6 heteroatoms. The van der Waals surface area contributed by atoms with E-state index in [0.29, 0.717) is 18.8 Å². The summed E-state index contributed by atoms with van der Waals surface area (Å²) in [5, 5.41) is 3.77. The molecule has 116 valence electrons. The first-order valence-corrected chi connectivity index (χ1v) is 7.29. The van der Waals surface area contributed by atoms with Crippen molar-refractivity contribution in [2.24, 2.45) is 0 Å². The lowest BCUT2D eigenvalue weighted by Crippen LogP contribution is -2.48. The SMILES string of the molecule is COc1cccc(N2CCN(C(=O)c3cc(C)no3)CC2)c1. The molecule has 0 unspecified atom stereocenters. The van der Waals surface area contributed by atoms with Gasteiger partial charge >= 0.3 is 0 Å². The average molecular weight is 301 g/mol. The van der Waals surface area contributed by atoms with E-state index < -0.39 is 0 Å². The van der Waals surface area contributed by atoms with Crippen molar-refractivity contribution >= 4 is 11.6 Å². The molecule has 0 radical (unpaired) electrons. The molecule has 22 heavy (non-hydrogen) atoms. The van der Waals surface area contributed by atoms with E-state index in [1.807, 2.05) is 18.2 Å². The maximum absolute atomic E-state index is 12.3. The monoisotopic (exact) mass is 301 g/mol. The maximum Gasteiger partial charge on any atom is 0.292 e. The molecular weight excluding hydrogens is 282 g/mol. The fourth-order valence-corrected chi connectivity index (χ4v) is 2.60. The molecular formula is C16H19N3O3. The van der Waals surface area contributed by atoms with Crippen molar-refractivity contribution in [2.45, 2.75) is 6.92 Å². The number of anilines is 1. The highest BCUT2D eigenvalue weighted by Crippen LogP contribution is 2.22. The van der Waals surface area contributed by atoms with E-state index in [0.717, 1.165) is 30.2 Å². The lowest BCUT2D eigenvalue weighted by atomic mass is 10.2. The van der Waals surface area contributed by atoms with Crippen LogP contribution in [0.5, 0.6) is 5.75 Å². The largest absolute Gasteiger partial charge is 0.497 e. The van der Waals surface area contributed by atoms with Crippen molar-refractivity contribution in [2.75, 3.05) is 38.2 Å². The summed E-state index contributed by atoms with van der Waals surface area (Å²) in [6.45, 7) is 4.70. The van der Waals surface area contributed by atoms with Gasteiger partial charge in [-0.3, -0.25) is 4.79 Å². The van der Waals surface area contributed by atoms with E-state index in [2.05, 4.69) is 16.1 Å². The van der Waals surface area contributed by atoms with E-state index in [9.17, 15) is 4.79 Å². The standard InChI is InChI=1S/C16H19N3O3/c1-12-10-15(22-17-12)16(20)19-8-6-18(7-9-19)13-4-3-5-14(11-13)21-2/h3-5,10-11H,6-9H2,1-2H3. The number of methoxy groups -OCH3 is 1. The highest BCUT2D eigenvalue weighted by molar-refractivity contribution is 5.91. The molecule has 1 saturated heterocycles. The van der Waals surface area contributed by atoms with Crippen molar-refractivity contribution < 1.29 is 14.1 Å². The Morgan fingerprint density at radius 2 is 2.00 bits per heavy atom. The number of carbonyl (C=O) groups excluding carboxylic acids is 1. The van der Waals surface area contributed by atoms with E-state index in [1.54, 1.807) is 25.0 Å². The van der Waals surface area contributed by atoms with Crippen LogP contribution in [0.3, 0.4) is 0 Å². The number of amides is 1. The van der Waals surface area contributed by atoms with E-state index in [4.69, 9.17) is 9.26 Å². The number of rotatable bonds is 3. The molecule has 1 aliphatic rings. The number of hydrogen-bond donors (Lipinski definition) is 0. The van der Waals surface area contributed by atoms with Gasteiger partial charge in [0.05, 0.1) is 12.8 Å². The first-order chi connectivity index (χ1) is 10.7. The Balaban J connectivity index is 1.63. The summed E-state index contributed by atoms with van der Waals surface area (Å²) in [6.07, 6.45) is 0. The van der Waals surface area contributed by atoms with Crippen LogP contribution in [-0.2, 0) is 0 Å². The quantitative estimate of drug-likeness (QED) is 0.867. The molecule has 0 spiro atoms. The number of benzene rings is 1. The van der Waals surface area contributed by atoms with Gasteiger partial charge in [0.15, 0.2) is 0 Å². The van der Waals surface area contributed by atoms with Gasteiger partial charge in [-0.15, -0.1) is 0 Å². The summed E-state index contributed by atoms with van der Waals surface area (Å²) in [5.41, 5.74) is 1.83. The van der Waals surface area contributed by atoms with Gasteiger partial charge in [0.2, 0.25) is 5.76 Å². The van der Waals surface area contributed by atoms with Gasteiger partial charge in [0.1, 0.15) is 5.75 Å². The Labute approximate surface area is 129 Å². The number of piperazine rings is 1. The molecule has 1 aromatic carbocycles. The highest BCUT2D eigenvalue weighted by Gasteiger charge is 2.24. The molecule has 2 heterocycles. The predicted molar refractivity (Wildman–Crippen MR) is 82.4 cm³/mol. The summed E-state index contributed by atoms with van der Waals surface area (Å²) in [4.78, 5) is 16.4. The lowest BCUT2D eigenvalue weighted by Gasteiger charge is -2.35. The van der Waals surface area contributed by atoms with Crippen LogP contribution in [0.4, 0.5) is 5.69 Å². The molecule has 1 aliphatic heterocycles. The second kappa shape index (κ2) is 6.09. The zero-order valence-corrected chi connectivity index (χ0v) is 12.8. The summed E-state index contributed by atoms with van der Waals surface area (Å²) in [5.74, 6) is 1.06. The molecule has 1 aromatic heterocycles. The van der Waals surface area contributed by atoms with Crippen LogP contribution in [0.15, 0.2) is 34.9 Å². The molecule has 0 bridgehead atoms. The second-order valence-electron chi connectivity index (χ2n) is 5.31. The molecule has 3 rings (SSSR count). The van der Waals surface area contributed by atoms with Crippen molar-refractivity contribution in [3.05, 3.63) is 41.8 Å². The van der Waals surface area contributed by atoms with E-state index in [-0.39, 0.29) is 5.91 Å². The summed E-state index contributed by atoms with van der Waals surface area (Å²) in [7, 11) is 1.66. The Hall–Kier alpha value is -2.50. The van der Waals surface area contributed by atoms with Crippen LogP contribution < -0.4 is 9.64 Å². The number of hydrogen-bond acceptors (Lipinski definition) is 5. The van der Waals surface area contributed by atoms with Gasteiger partial charge in [-0.05, 0) is 19.1 Å². The van der Waals surface area contributed by atoms with Gasteiger partial charge in [0, 0.05) is 44.0 Å². The van der Waals surface area contributed by atoms with E-state index in [1.165, 1.54) is 0 Å². The molecule has 0 atom stereocenters. The molecule has 1 fully saturated rings. The molecule has 0 N–H and O–H groups in total. The van der Waals surface area contributed by atoms with Crippen LogP contribution in [-0.4, -0.2) is 49.3 Å². The number of carbonyl (C=O) groups is 1. The van der Waals surface area contributed by atoms with Crippen molar-refractivity contribution in [3.63, 3.8) is 0 Å². The van der Waals surface area contributed by atoms with E-state index >= 15 is 0 Å². The van der Waals surface area contributed by atoms with Crippen LogP contribution in [0.25, 0.3) is 0 Å². The van der Waals surface area contributed by atoms with Crippen molar-refractivity contribution in [1.82, 2.24) is 10.1 Å². The topological polar surface area (TPSA) is 58.8 Å². The highest BCUT2D eigenvalue weighted by atomic mass is 16.5. The minimum Gasteiger partial charge on any atom is -0.497 e. The zero-order valence-electron chi connectivity index (χ0n) is 12.8. The Morgan fingerprint density at radius 3 is 2.64 bits per heavy atom. The first kappa shape index (κ1) is 14.4. The Morgan fingerprint density at radius 1 is 1.23 bits per heavy atom. The number of aromatic nitrogens is 1. The predicted octanol–water partition coefficient (Wildman–Crippen LogP) is 1.95. The fraction of sp³-hybridized carbons (Fsp3) is 0.375. The van der Waals surface area contributed by atoms with Gasteiger partial charge in [-0.1, -0.05) is 11.2 Å². The minimum absolute atomic E-state index is 0.0918. The number of aryl methyl sites for hydroxylation is 1. The first-order valence-electron chi connectivity index (χ1n) is 7.29.